The molecule has 2 aromatic rings. The predicted molar refractivity (Wildman–Crippen MR) is 109 cm³/mol. The summed E-state index contributed by atoms with van der Waals surface area (Å²) in [6.45, 7) is 4.40. The number of halogens is 3. The lowest BCUT2D eigenvalue weighted by Gasteiger charge is -2.28. The Hall–Kier alpha value is -3.21. The highest BCUT2D eigenvalue weighted by atomic mass is 19.4. The van der Waals surface area contributed by atoms with Crippen LogP contribution in [0.5, 0.6) is 0 Å². The topological polar surface area (TPSA) is 105 Å². The summed E-state index contributed by atoms with van der Waals surface area (Å²) in [5.74, 6) is -1.23. The minimum Gasteiger partial charge on any atom is -0.391 e. The third kappa shape index (κ3) is 4.98. The van der Waals surface area contributed by atoms with Crippen molar-refractivity contribution >= 4 is 22.6 Å². The number of aliphatic hydroxyl groups is 1. The number of hydrogen-bond donors (Lipinski definition) is 2. The number of alkyl halides is 3. The smallest absolute Gasteiger partial charge is 0.391 e. The first-order valence-corrected chi connectivity index (χ1v) is 9.94. The fraction of sp³-hybridized carbons (Fsp3) is 0.429. The first kappa shape index (κ1) is 23.5. The molecule has 2 amide bonds. The number of carbonyl (C=O) groups is 2. The summed E-state index contributed by atoms with van der Waals surface area (Å²) in [5.41, 5.74) is -1.03. The molecule has 1 aromatic heterocycles. The molecule has 172 valence electrons. The minimum absolute atomic E-state index is 0.0274. The standard InChI is InChI=1S/C21H23F3N4O4/c1-11(2)19-17-6-13(21(22,23)24)4-5-16(17)20(32)28(26-19)10-18(31)25-14-7-15(30)9-27(8-14)12(3)29/h4-6,8,11,15,30H,7,9-10H2,1-3H3,(H,25,31)/t15-/m0/s1. The van der Waals surface area contributed by atoms with Gasteiger partial charge in [0, 0.05) is 30.6 Å². The predicted octanol–water partition coefficient (Wildman–Crippen LogP) is 2.11. The van der Waals surface area contributed by atoms with Gasteiger partial charge in [0.15, 0.2) is 0 Å². The van der Waals surface area contributed by atoms with Gasteiger partial charge in [0.1, 0.15) is 6.54 Å². The zero-order chi connectivity index (χ0) is 23.8. The van der Waals surface area contributed by atoms with Gasteiger partial charge in [-0.25, -0.2) is 4.68 Å². The number of amides is 2. The van der Waals surface area contributed by atoms with E-state index in [9.17, 15) is 32.7 Å². The molecule has 2 heterocycles. The van der Waals surface area contributed by atoms with Crippen molar-refractivity contribution in [3.05, 3.63) is 51.7 Å². The summed E-state index contributed by atoms with van der Waals surface area (Å²) >= 11 is 0. The van der Waals surface area contributed by atoms with Gasteiger partial charge in [-0.05, 0) is 24.1 Å². The number of carbonyl (C=O) groups excluding carboxylic acids is 2. The summed E-state index contributed by atoms with van der Waals surface area (Å²) in [4.78, 5) is 38.2. The Labute approximate surface area is 181 Å². The molecule has 0 fully saturated rings. The highest BCUT2D eigenvalue weighted by Crippen LogP contribution is 2.32. The van der Waals surface area contributed by atoms with E-state index < -0.39 is 35.9 Å². The van der Waals surface area contributed by atoms with Crippen LogP contribution in [-0.2, 0) is 22.3 Å². The van der Waals surface area contributed by atoms with Crippen molar-refractivity contribution in [3.8, 4) is 0 Å². The van der Waals surface area contributed by atoms with Gasteiger partial charge in [0.2, 0.25) is 11.8 Å². The van der Waals surface area contributed by atoms with Crippen LogP contribution in [-0.4, -0.2) is 44.3 Å². The zero-order valence-corrected chi connectivity index (χ0v) is 17.7. The van der Waals surface area contributed by atoms with E-state index in [-0.39, 0.29) is 41.3 Å². The van der Waals surface area contributed by atoms with Crippen LogP contribution in [0.3, 0.4) is 0 Å². The highest BCUT2D eigenvalue weighted by molar-refractivity contribution is 5.85. The number of hydrogen-bond acceptors (Lipinski definition) is 5. The molecule has 8 nitrogen and oxygen atoms in total. The Morgan fingerprint density at radius 2 is 1.97 bits per heavy atom. The van der Waals surface area contributed by atoms with Crippen molar-refractivity contribution < 1.29 is 27.9 Å². The van der Waals surface area contributed by atoms with E-state index in [0.717, 1.165) is 22.9 Å². The monoisotopic (exact) mass is 452 g/mol. The first-order chi connectivity index (χ1) is 14.9. The summed E-state index contributed by atoms with van der Waals surface area (Å²) in [6.07, 6.45) is -3.88. The third-order valence-electron chi connectivity index (χ3n) is 5.04. The molecule has 0 aliphatic carbocycles. The lowest BCUT2D eigenvalue weighted by molar-refractivity contribution is -0.137. The molecule has 3 rings (SSSR count). The number of benzene rings is 1. The molecule has 1 aliphatic heterocycles. The number of nitrogens with zero attached hydrogens (tertiary/aromatic N) is 3. The molecular formula is C21H23F3N4O4. The number of β-amino-alcohol motifs (C(OH)–C–C–N with tert-alkyl or cyclic N) is 1. The molecule has 32 heavy (non-hydrogen) atoms. The van der Waals surface area contributed by atoms with Crippen molar-refractivity contribution in [2.24, 2.45) is 0 Å². The van der Waals surface area contributed by atoms with Crippen LogP contribution < -0.4 is 10.9 Å². The van der Waals surface area contributed by atoms with Crippen molar-refractivity contribution in [1.29, 1.82) is 0 Å². The van der Waals surface area contributed by atoms with E-state index in [4.69, 9.17) is 0 Å². The molecular weight excluding hydrogens is 429 g/mol. The molecule has 1 aromatic carbocycles. The largest absolute Gasteiger partial charge is 0.416 e. The van der Waals surface area contributed by atoms with Crippen LogP contribution in [0.15, 0.2) is 34.9 Å². The maximum Gasteiger partial charge on any atom is 0.416 e. The molecule has 0 saturated heterocycles. The quantitative estimate of drug-likeness (QED) is 0.740. The van der Waals surface area contributed by atoms with Gasteiger partial charge in [-0.15, -0.1) is 0 Å². The number of aromatic nitrogens is 2. The fourth-order valence-corrected chi connectivity index (χ4v) is 3.52. The Balaban J connectivity index is 1.94. The van der Waals surface area contributed by atoms with Crippen LogP contribution in [0.1, 0.15) is 44.4 Å². The van der Waals surface area contributed by atoms with Crippen molar-refractivity contribution in [3.63, 3.8) is 0 Å². The second-order valence-corrected chi connectivity index (χ2v) is 7.99. The van der Waals surface area contributed by atoms with Crippen LogP contribution in [0.4, 0.5) is 13.2 Å². The molecule has 1 atom stereocenters. The molecule has 0 spiro atoms. The Morgan fingerprint density at radius 1 is 1.28 bits per heavy atom. The van der Waals surface area contributed by atoms with Crippen LogP contribution in [0, 0.1) is 0 Å². The second-order valence-electron chi connectivity index (χ2n) is 7.99. The number of aliphatic hydroxyl groups excluding tert-OH is 1. The van der Waals surface area contributed by atoms with Gasteiger partial charge in [0.25, 0.3) is 5.56 Å². The number of nitrogens with one attached hydrogen (secondary N) is 1. The molecule has 0 radical (unpaired) electrons. The fourth-order valence-electron chi connectivity index (χ4n) is 3.52. The molecule has 2 N–H and O–H groups in total. The summed E-state index contributed by atoms with van der Waals surface area (Å²) in [6, 6.07) is 2.81. The maximum atomic E-state index is 13.1. The molecule has 11 heteroatoms. The summed E-state index contributed by atoms with van der Waals surface area (Å²) < 4.78 is 40.3. The van der Waals surface area contributed by atoms with E-state index in [1.54, 1.807) is 13.8 Å². The van der Waals surface area contributed by atoms with Crippen LogP contribution >= 0.6 is 0 Å². The average molecular weight is 452 g/mol. The molecule has 0 bridgehead atoms. The van der Waals surface area contributed by atoms with Gasteiger partial charge in [-0.2, -0.15) is 18.3 Å². The maximum absolute atomic E-state index is 13.1. The lowest BCUT2D eigenvalue weighted by Crippen LogP contribution is -2.41. The minimum atomic E-state index is -4.57. The average Bonchev–Trinajstić information content (AvgIpc) is 2.68. The Morgan fingerprint density at radius 3 is 2.56 bits per heavy atom. The third-order valence-corrected chi connectivity index (χ3v) is 5.04. The Bertz CT molecular complexity index is 1150. The summed E-state index contributed by atoms with van der Waals surface area (Å²) in [5, 5.41) is 16.7. The van der Waals surface area contributed by atoms with Gasteiger partial charge < -0.3 is 15.3 Å². The van der Waals surface area contributed by atoms with E-state index in [1.165, 1.54) is 18.0 Å². The Kier molecular flexibility index (Phi) is 6.40. The van der Waals surface area contributed by atoms with Gasteiger partial charge in [0.05, 0.1) is 29.3 Å². The zero-order valence-electron chi connectivity index (χ0n) is 17.7. The highest BCUT2D eigenvalue weighted by Gasteiger charge is 2.31. The normalized spacial score (nSPS) is 16.9. The summed E-state index contributed by atoms with van der Waals surface area (Å²) in [7, 11) is 0. The molecule has 0 unspecified atom stereocenters. The van der Waals surface area contributed by atoms with E-state index in [2.05, 4.69) is 10.4 Å². The van der Waals surface area contributed by atoms with Crippen molar-refractivity contribution in [1.82, 2.24) is 20.0 Å². The van der Waals surface area contributed by atoms with Crippen LogP contribution in [0.2, 0.25) is 0 Å². The van der Waals surface area contributed by atoms with Crippen molar-refractivity contribution in [2.45, 2.75) is 51.9 Å². The lowest BCUT2D eigenvalue weighted by atomic mass is 10.0. The van der Waals surface area contributed by atoms with Gasteiger partial charge in [-0.1, -0.05) is 13.8 Å². The van der Waals surface area contributed by atoms with E-state index >= 15 is 0 Å². The van der Waals surface area contributed by atoms with Gasteiger partial charge >= 0.3 is 6.18 Å². The number of rotatable bonds is 4. The van der Waals surface area contributed by atoms with Crippen LogP contribution in [0.25, 0.3) is 10.8 Å². The SMILES string of the molecule is CC(=O)N1C=C(NC(=O)Cn2nc(C(C)C)c3cc(C(F)(F)F)ccc3c2=O)C[C@H](O)C1. The van der Waals surface area contributed by atoms with Gasteiger partial charge in [-0.3, -0.25) is 14.4 Å². The molecule has 0 saturated carbocycles. The first-order valence-electron chi connectivity index (χ1n) is 9.94. The van der Waals surface area contributed by atoms with E-state index in [0.29, 0.717) is 5.70 Å². The van der Waals surface area contributed by atoms with Crippen molar-refractivity contribution in [2.75, 3.05) is 6.54 Å². The number of fused-ring (bicyclic) bond motifs is 1. The molecule has 1 aliphatic rings. The van der Waals surface area contributed by atoms with E-state index in [1.807, 2.05) is 0 Å². The second kappa shape index (κ2) is 8.73.